The highest BCUT2D eigenvalue weighted by Crippen LogP contribution is 2.28. The Hall–Kier alpha value is -1.32. The zero-order chi connectivity index (χ0) is 11.3. The van der Waals surface area contributed by atoms with Gasteiger partial charge in [0.25, 0.3) is 0 Å². The van der Waals surface area contributed by atoms with Gasteiger partial charge in [-0.05, 0) is 32.1 Å². The van der Waals surface area contributed by atoms with E-state index in [0.717, 1.165) is 25.7 Å². The average Bonchev–Trinajstić information content (AvgIpc) is 2.99. The maximum absolute atomic E-state index is 11.4. The number of unbranched alkanes of at least 4 members (excludes halogenated alkanes) is 1. The SMILES string of the molecule is C=CCCC[C@@H](NC(=O)C1CC1)C(N)=O. The van der Waals surface area contributed by atoms with Gasteiger partial charge in [-0.25, -0.2) is 0 Å². The van der Waals surface area contributed by atoms with Gasteiger partial charge in [-0.15, -0.1) is 6.58 Å². The molecule has 0 heterocycles. The second kappa shape index (κ2) is 5.53. The fourth-order valence-corrected chi connectivity index (χ4v) is 1.39. The van der Waals surface area contributed by atoms with Crippen LogP contribution in [0.3, 0.4) is 0 Å². The highest BCUT2D eigenvalue weighted by molar-refractivity contribution is 5.88. The van der Waals surface area contributed by atoms with Crippen LogP contribution in [0.15, 0.2) is 12.7 Å². The first-order valence-corrected chi connectivity index (χ1v) is 5.35. The maximum Gasteiger partial charge on any atom is 0.239 e. The first-order valence-electron chi connectivity index (χ1n) is 5.35. The lowest BCUT2D eigenvalue weighted by molar-refractivity contribution is -0.128. The number of rotatable bonds is 7. The molecule has 0 spiro atoms. The van der Waals surface area contributed by atoms with E-state index in [-0.39, 0.29) is 11.8 Å². The van der Waals surface area contributed by atoms with E-state index in [9.17, 15) is 9.59 Å². The van der Waals surface area contributed by atoms with Crippen LogP contribution >= 0.6 is 0 Å². The van der Waals surface area contributed by atoms with Crippen LogP contribution < -0.4 is 11.1 Å². The third kappa shape index (κ3) is 4.14. The van der Waals surface area contributed by atoms with Crippen molar-refractivity contribution in [2.24, 2.45) is 11.7 Å². The molecule has 1 fully saturated rings. The van der Waals surface area contributed by atoms with Crippen LogP contribution in [0.2, 0.25) is 0 Å². The molecule has 0 aromatic carbocycles. The lowest BCUT2D eigenvalue weighted by atomic mass is 10.1. The zero-order valence-electron chi connectivity index (χ0n) is 8.87. The van der Waals surface area contributed by atoms with Crippen LogP contribution in [-0.2, 0) is 9.59 Å². The molecule has 0 unspecified atom stereocenters. The molecule has 84 valence electrons. The molecule has 15 heavy (non-hydrogen) atoms. The molecule has 4 heteroatoms. The van der Waals surface area contributed by atoms with E-state index < -0.39 is 11.9 Å². The van der Waals surface area contributed by atoms with Gasteiger partial charge in [0, 0.05) is 5.92 Å². The highest BCUT2D eigenvalue weighted by Gasteiger charge is 2.31. The Morgan fingerprint density at radius 3 is 2.67 bits per heavy atom. The standard InChI is InChI=1S/C11H18N2O2/c1-2-3-4-5-9(10(12)14)13-11(15)8-6-7-8/h2,8-9H,1,3-7H2,(H2,12,14)(H,13,15)/t9-/m1/s1. The number of carbonyl (C=O) groups excluding carboxylic acids is 2. The van der Waals surface area contributed by atoms with Crippen molar-refractivity contribution < 1.29 is 9.59 Å². The third-order valence-electron chi connectivity index (χ3n) is 2.51. The second-order valence-corrected chi connectivity index (χ2v) is 3.96. The van der Waals surface area contributed by atoms with Gasteiger partial charge in [0.15, 0.2) is 0 Å². The maximum atomic E-state index is 11.4. The van der Waals surface area contributed by atoms with Crippen LogP contribution in [-0.4, -0.2) is 17.9 Å². The van der Waals surface area contributed by atoms with Gasteiger partial charge in [0.1, 0.15) is 6.04 Å². The summed E-state index contributed by atoms with van der Waals surface area (Å²) in [5.74, 6) is -0.364. The molecule has 0 saturated heterocycles. The fraction of sp³-hybridized carbons (Fsp3) is 0.636. The van der Waals surface area contributed by atoms with Crippen LogP contribution in [0.4, 0.5) is 0 Å². The second-order valence-electron chi connectivity index (χ2n) is 3.96. The molecule has 4 nitrogen and oxygen atoms in total. The minimum atomic E-state index is -0.516. The monoisotopic (exact) mass is 210 g/mol. The molecule has 3 N–H and O–H groups in total. The molecule has 0 aromatic rings. The van der Waals surface area contributed by atoms with Gasteiger partial charge in [0.2, 0.25) is 11.8 Å². The summed E-state index contributed by atoms with van der Waals surface area (Å²) in [6, 6.07) is -0.516. The zero-order valence-corrected chi connectivity index (χ0v) is 8.87. The molecule has 1 atom stereocenters. The van der Waals surface area contributed by atoms with Gasteiger partial charge in [-0.1, -0.05) is 6.08 Å². The lowest BCUT2D eigenvalue weighted by Gasteiger charge is -2.14. The van der Waals surface area contributed by atoms with E-state index in [4.69, 9.17) is 5.73 Å². The van der Waals surface area contributed by atoms with E-state index in [1.807, 2.05) is 0 Å². The minimum absolute atomic E-state index is 0.0302. The van der Waals surface area contributed by atoms with Crippen LogP contribution in [0.1, 0.15) is 32.1 Å². The number of hydrogen-bond acceptors (Lipinski definition) is 2. The lowest BCUT2D eigenvalue weighted by Crippen LogP contribution is -2.44. The summed E-state index contributed by atoms with van der Waals surface area (Å²) in [7, 11) is 0. The van der Waals surface area contributed by atoms with Crippen LogP contribution in [0.5, 0.6) is 0 Å². The number of primary amides is 1. The Morgan fingerprint density at radius 2 is 2.20 bits per heavy atom. The summed E-state index contributed by atoms with van der Waals surface area (Å²) in [6.07, 6.45) is 5.92. The van der Waals surface area contributed by atoms with Gasteiger partial charge >= 0.3 is 0 Å². The Labute approximate surface area is 89.9 Å². The Bertz CT molecular complexity index is 259. The third-order valence-corrected chi connectivity index (χ3v) is 2.51. The number of nitrogens with two attached hydrogens (primary N) is 1. The number of allylic oxidation sites excluding steroid dienone is 1. The summed E-state index contributed by atoms with van der Waals surface area (Å²) in [4.78, 5) is 22.5. The van der Waals surface area contributed by atoms with E-state index in [1.165, 1.54) is 0 Å². The first kappa shape index (κ1) is 11.8. The summed E-state index contributed by atoms with van der Waals surface area (Å²) >= 11 is 0. The van der Waals surface area contributed by atoms with Crippen LogP contribution in [0.25, 0.3) is 0 Å². The smallest absolute Gasteiger partial charge is 0.239 e. The minimum Gasteiger partial charge on any atom is -0.368 e. The molecular formula is C11H18N2O2. The highest BCUT2D eigenvalue weighted by atomic mass is 16.2. The average molecular weight is 210 g/mol. The molecule has 0 aliphatic heterocycles. The normalized spacial score (nSPS) is 16.8. The largest absolute Gasteiger partial charge is 0.368 e. The van der Waals surface area contributed by atoms with Crippen molar-refractivity contribution >= 4 is 11.8 Å². The van der Waals surface area contributed by atoms with E-state index >= 15 is 0 Å². The molecule has 0 radical (unpaired) electrons. The van der Waals surface area contributed by atoms with Crippen molar-refractivity contribution in [1.82, 2.24) is 5.32 Å². The summed E-state index contributed by atoms with van der Waals surface area (Å²) in [5.41, 5.74) is 5.21. The Kier molecular flexibility index (Phi) is 4.34. The summed E-state index contributed by atoms with van der Waals surface area (Å²) in [6.45, 7) is 3.60. The van der Waals surface area contributed by atoms with E-state index in [1.54, 1.807) is 6.08 Å². The number of carbonyl (C=O) groups is 2. The topological polar surface area (TPSA) is 72.2 Å². The van der Waals surface area contributed by atoms with E-state index in [2.05, 4.69) is 11.9 Å². The molecular weight excluding hydrogens is 192 g/mol. The van der Waals surface area contributed by atoms with Gasteiger partial charge in [0.05, 0.1) is 0 Å². The first-order chi connectivity index (χ1) is 7.15. The number of amides is 2. The molecule has 1 rings (SSSR count). The van der Waals surface area contributed by atoms with Crippen molar-refractivity contribution in [2.75, 3.05) is 0 Å². The number of hydrogen-bond donors (Lipinski definition) is 2. The molecule has 2 amide bonds. The molecule has 1 aliphatic carbocycles. The molecule has 0 bridgehead atoms. The summed E-state index contributed by atoms with van der Waals surface area (Å²) in [5, 5.41) is 2.69. The molecule has 0 aromatic heterocycles. The summed E-state index contributed by atoms with van der Waals surface area (Å²) < 4.78 is 0. The predicted molar refractivity (Wildman–Crippen MR) is 57.9 cm³/mol. The van der Waals surface area contributed by atoms with Gasteiger partial charge in [-0.3, -0.25) is 9.59 Å². The fourth-order valence-electron chi connectivity index (χ4n) is 1.39. The van der Waals surface area contributed by atoms with Crippen molar-refractivity contribution in [1.29, 1.82) is 0 Å². The van der Waals surface area contributed by atoms with E-state index in [0.29, 0.717) is 6.42 Å². The number of nitrogens with one attached hydrogen (secondary N) is 1. The Morgan fingerprint density at radius 1 is 1.53 bits per heavy atom. The molecule has 1 saturated carbocycles. The Balaban J connectivity index is 2.31. The predicted octanol–water partition coefficient (Wildman–Crippen LogP) is 0.723. The van der Waals surface area contributed by atoms with Crippen molar-refractivity contribution in [3.8, 4) is 0 Å². The van der Waals surface area contributed by atoms with Crippen LogP contribution in [0, 0.1) is 5.92 Å². The van der Waals surface area contributed by atoms with Gasteiger partial charge < -0.3 is 11.1 Å². The quantitative estimate of drug-likeness (QED) is 0.480. The van der Waals surface area contributed by atoms with Gasteiger partial charge in [-0.2, -0.15) is 0 Å². The van der Waals surface area contributed by atoms with Crippen molar-refractivity contribution in [3.63, 3.8) is 0 Å². The molecule has 1 aliphatic rings. The van der Waals surface area contributed by atoms with Crippen molar-refractivity contribution in [2.45, 2.75) is 38.1 Å². The van der Waals surface area contributed by atoms with Crippen molar-refractivity contribution in [3.05, 3.63) is 12.7 Å².